The number of aromatic nitrogens is 5. The number of thioether (sulfide) groups is 1. The summed E-state index contributed by atoms with van der Waals surface area (Å²) in [6, 6.07) is 4.03. The fourth-order valence-corrected chi connectivity index (χ4v) is 4.30. The van der Waals surface area contributed by atoms with Gasteiger partial charge in [0, 0.05) is 37.3 Å². The summed E-state index contributed by atoms with van der Waals surface area (Å²) in [4.78, 5) is 28.2. The number of nitrogens with zero attached hydrogens (tertiary/aromatic N) is 5. The second-order valence-corrected chi connectivity index (χ2v) is 8.35. The fourth-order valence-electron chi connectivity index (χ4n) is 2.80. The molecule has 0 unspecified atom stereocenters. The van der Waals surface area contributed by atoms with E-state index in [2.05, 4.69) is 27.1 Å². The predicted octanol–water partition coefficient (Wildman–Crippen LogP) is 2.69. The molecule has 1 amide bonds. The molecule has 3 aromatic rings. The summed E-state index contributed by atoms with van der Waals surface area (Å²) in [5, 5.41) is 14.1. The van der Waals surface area contributed by atoms with E-state index in [-0.39, 0.29) is 24.1 Å². The minimum atomic E-state index is -0.339. The Morgan fingerprint density at radius 2 is 2.23 bits per heavy atom. The van der Waals surface area contributed by atoms with Crippen molar-refractivity contribution >= 4 is 40.1 Å². The Bertz CT molecular complexity index is 1060. The number of hydrogen-bond donors (Lipinski definition) is 1. The summed E-state index contributed by atoms with van der Waals surface area (Å²) in [7, 11) is 1.99. The van der Waals surface area contributed by atoms with E-state index in [9.17, 15) is 9.59 Å². The number of anilines is 1. The van der Waals surface area contributed by atoms with Crippen molar-refractivity contribution in [2.24, 2.45) is 7.05 Å². The number of hydrogen-bond acceptors (Lipinski definition) is 8. The molecule has 1 N–H and O–H groups in total. The molecule has 0 radical (unpaired) electrons. The van der Waals surface area contributed by atoms with Crippen LogP contribution in [-0.4, -0.2) is 48.6 Å². The van der Waals surface area contributed by atoms with E-state index in [4.69, 9.17) is 4.74 Å². The Labute approximate surface area is 188 Å². The van der Waals surface area contributed by atoms with Crippen molar-refractivity contribution in [3.8, 4) is 0 Å². The zero-order valence-electron chi connectivity index (χ0n) is 17.4. The van der Waals surface area contributed by atoms with Crippen LogP contribution in [0.25, 0.3) is 0 Å². The predicted molar refractivity (Wildman–Crippen MR) is 120 cm³/mol. The molecule has 0 spiro atoms. The third-order valence-corrected chi connectivity index (χ3v) is 6.03. The number of thiazole rings is 1. The lowest BCUT2D eigenvalue weighted by Gasteiger charge is -2.08. The van der Waals surface area contributed by atoms with E-state index in [1.54, 1.807) is 18.4 Å². The first kappa shape index (κ1) is 22.8. The molecule has 0 aliphatic carbocycles. The van der Waals surface area contributed by atoms with Crippen LogP contribution in [0.3, 0.4) is 0 Å². The Kier molecular flexibility index (Phi) is 8.01. The summed E-state index contributed by atoms with van der Waals surface area (Å²) in [6.07, 6.45) is 4.49. The van der Waals surface area contributed by atoms with Gasteiger partial charge >= 0.3 is 5.97 Å². The van der Waals surface area contributed by atoms with Crippen molar-refractivity contribution in [2.75, 3.05) is 17.7 Å². The average Bonchev–Trinajstić information content (AvgIpc) is 3.44. The molecular weight excluding hydrogens is 436 g/mol. The maximum Gasteiger partial charge on any atom is 0.311 e. The van der Waals surface area contributed by atoms with Crippen LogP contribution < -0.4 is 5.32 Å². The molecule has 0 atom stereocenters. The van der Waals surface area contributed by atoms with Gasteiger partial charge in [0.1, 0.15) is 5.82 Å². The number of allylic oxidation sites excluding steroid dienone is 1. The van der Waals surface area contributed by atoms with Gasteiger partial charge in [-0.05, 0) is 19.1 Å². The number of aryl methyl sites for hydroxylation is 1. The summed E-state index contributed by atoms with van der Waals surface area (Å²) in [5.41, 5.74) is 1.69. The average molecular weight is 461 g/mol. The van der Waals surface area contributed by atoms with Crippen LogP contribution >= 0.6 is 23.1 Å². The molecule has 0 saturated heterocycles. The van der Waals surface area contributed by atoms with Gasteiger partial charge in [-0.25, -0.2) is 4.98 Å². The molecule has 31 heavy (non-hydrogen) atoms. The summed E-state index contributed by atoms with van der Waals surface area (Å²) in [6.45, 7) is 6.44. The van der Waals surface area contributed by atoms with Gasteiger partial charge in [-0.15, -0.1) is 28.1 Å². The number of rotatable bonds is 11. The molecule has 0 bridgehead atoms. The van der Waals surface area contributed by atoms with Crippen molar-refractivity contribution in [2.45, 2.75) is 31.5 Å². The van der Waals surface area contributed by atoms with Crippen LogP contribution in [0, 0.1) is 0 Å². The van der Waals surface area contributed by atoms with E-state index < -0.39 is 0 Å². The lowest BCUT2D eigenvalue weighted by molar-refractivity contribution is -0.142. The lowest BCUT2D eigenvalue weighted by Crippen LogP contribution is -2.15. The van der Waals surface area contributed by atoms with Crippen LogP contribution in [0.15, 0.2) is 41.5 Å². The van der Waals surface area contributed by atoms with Crippen LogP contribution in [0.1, 0.15) is 24.1 Å². The first-order valence-electron chi connectivity index (χ1n) is 9.66. The zero-order chi connectivity index (χ0) is 22.2. The van der Waals surface area contributed by atoms with Crippen molar-refractivity contribution in [1.82, 2.24) is 24.3 Å². The lowest BCUT2D eigenvalue weighted by atomic mass is 10.3. The third kappa shape index (κ3) is 6.28. The van der Waals surface area contributed by atoms with Gasteiger partial charge in [0.05, 0.1) is 24.5 Å². The molecule has 0 aliphatic rings. The Morgan fingerprint density at radius 3 is 2.94 bits per heavy atom. The van der Waals surface area contributed by atoms with Crippen LogP contribution in [-0.2, 0) is 40.8 Å². The molecule has 0 aromatic carbocycles. The number of ether oxygens (including phenoxy) is 1. The van der Waals surface area contributed by atoms with E-state index in [0.29, 0.717) is 35.6 Å². The minimum absolute atomic E-state index is 0.0868. The Hall–Kier alpha value is -2.92. The number of carbonyl (C=O) groups excluding carboxylic acids is 2. The van der Waals surface area contributed by atoms with Crippen LogP contribution in [0.4, 0.5) is 5.13 Å². The molecule has 9 nitrogen and oxygen atoms in total. The van der Waals surface area contributed by atoms with Gasteiger partial charge in [-0.2, -0.15) is 0 Å². The standard InChI is InChI=1S/C20H24N6O3S2/c1-4-8-26-16(11-15-7-6-9-25(15)3)23-24-20(26)31-13-17(27)22-19-21-14(12-30-19)10-18(28)29-5-2/h4,6-7,9,12H,1,5,8,10-11,13H2,2-3H3,(H,21,22,27). The van der Waals surface area contributed by atoms with Gasteiger partial charge in [0.2, 0.25) is 5.91 Å². The molecule has 3 rings (SSSR count). The van der Waals surface area contributed by atoms with E-state index >= 15 is 0 Å². The van der Waals surface area contributed by atoms with Crippen molar-refractivity contribution in [3.63, 3.8) is 0 Å². The molecule has 0 fully saturated rings. The van der Waals surface area contributed by atoms with E-state index in [1.165, 1.54) is 23.1 Å². The van der Waals surface area contributed by atoms with Gasteiger partial charge < -0.3 is 19.2 Å². The van der Waals surface area contributed by atoms with Gasteiger partial charge in [0.15, 0.2) is 10.3 Å². The highest BCUT2D eigenvalue weighted by molar-refractivity contribution is 7.99. The largest absolute Gasteiger partial charge is 0.466 e. The molecule has 3 heterocycles. The maximum atomic E-state index is 12.4. The first-order chi connectivity index (χ1) is 15.0. The highest BCUT2D eigenvalue weighted by atomic mass is 32.2. The minimum Gasteiger partial charge on any atom is -0.466 e. The van der Waals surface area contributed by atoms with Gasteiger partial charge in [0.25, 0.3) is 0 Å². The molecule has 11 heteroatoms. The first-order valence-corrected chi connectivity index (χ1v) is 11.5. The molecule has 0 aliphatic heterocycles. The summed E-state index contributed by atoms with van der Waals surface area (Å²) >= 11 is 2.57. The van der Waals surface area contributed by atoms with Gasteiger partial charge in [-0.1, -0.05) is 17.8 Å². The molecule has 164 valence electrons. The second kappa shape index (κ2) is 10.9. The smallest absolute Gasteiger partial charge is 0.311 e. The van der Waals surface area contributed by atoms with Crippen molar-refractivity contribution < 1.29 is 14.3 Å². The third-order valence-electron chi connectivity index (χ3n) is 4.26. The van der Waals surface area contributed by atoms with Crippen molar-refractivity contribution in [3.05, 3.63) is 53.6 Å². The normalized spacial score (nSPS) is 10.8. The second-order valence-electron chi connectivity index (χ2n) is 6.55. The quantitative estimate of drug-likeness (QED) is 0.266. The monoisotopic (exact) mass is 460 g/mol. The summed E-state index contributed by atoms with van der Waals surface area (Å²) < 4.78 is 8.90. The van der Waals surface area contributed by atoms with Gasteiger partial charge in [-0.3, -0.25) is 9.59 Å². The zero-order valence-corrected chi connectivity index (χ0v) is 19.0. The Morgan fingerprint density at radius 1 is 1.39 bits per heavy atom. The van der Waals surface area contributed by atoms with Crippen LogP contribution in [0.5, 0.6) is 0 Å². The maximum absolute atomic E-state index is 12.4. The topological polar surface area (TPSA) is 104 Å². The summed E-state index contributed by atoms with van der Waals surface area (Å²) in [5.74, 6) is 0.424. The highest BCUT2D eigenvalue weighted by Gasteiger charge is 2.16. The van der Waals surface area contributed by atoms with E-state index in [0.717, 1.165) is 11.5 Å². The number of esters is 1. The number of nitrogens with one attached hydrogen (secondary N) is 1. The Balaban J connectivity index is 1.57. The number of amides is 1. The SMILES string of the molecule is C=CCn1c(Cc2cccn2C)nnc1SCC(=O)Nc1nc(CC(=O)OCC)cs1. The molecule has 0 saturated carbocycles. The highest BCUT2D eigenvalue weighted by Crippen LogP contribution is 2.21. The molecular formula is C20H24N6O3S2. The fraction of sp³-hybridized carbons (Fsp3) is 0.350. The van der Waals surface area contributed by atoms with Crippen LogP contribution in [0.2, 0.25) is 0 Å². The number of carbonyl (C=O) groups is 2. The van der Waals surface area contributed by atoms with Crippen molar-refractivity contribution in [1.29, 1.82) is 0 Å². The molecule has 3 aromatic heterocycles. The van der Waals surface area contributed by atoms with E-state index in [1.807, 2.05) is 34.5 Å².